The van der Waals surface area contributed by atoms with Gasteiger partial charge >= 0.3 is 0 Å². The molecule has 1 aliphatic rings. The molecule has 1 amide bonds. The van der Waals surface area contributed by atoms with Crippen molar-refractivity contribution in [3.63, 3.8) is 0 Å². The second-order valence-corrected chi connectivity index (χ2v) is 9.11. The van der Waals surface area contributed by atoms with Gasteiger partial charge in [0.15, 0.2) is 5.76 Å². The average molecular weight is 442 g/mol. The number of likely N-dealkylation sites (tertiary alicyclic amines) is 1. The highest BCUT2D eigenvalue weighted by Gasteiger charge is 2.18. The van der Waals surface area contributed by atoms with Crippen LogP contribution in [0.1, 0.15) is 68.3 Å². The van der Waals surface area contributed by atoms with Crippen LogP contribution < -0.4 is 10.1 Å². The Morgan fingerprint density at radius 3 is 2.84 bits per heavy atom. The monoisotopic (exact) mass is 441 g/mol. The maximum atomic E-state index is 12.5. The van der Waals surface area contributed by atoms with Crippen LogP contribution in [0.3, 0.4) is 0 Å². The number of furan rings is 1. The maximum absolute atomic E-state index is 12.5. The van der Waals surface area contributed by atoms with E-state index in [1.807, 2.05) is 18.2 Å². The average Bonchev–Trinajstić information content (AvgIpc) is 3.26. The predicted molar refractivity (Wildman–Crippen MR) is 128 cm³/mol. The third kappa shape index (κ3) is 7.10. The van der Waals surface area contributed by atoms with E-state index in [9.17, 15) is 4.79 Å². The van der Waals surface area contributed by atoms with Crippen LogP contribution in [0.5, 0.6) is 5.75 Å². The van der Waals surface area contributed by atoms with Crippen LogP contribution in [-0.4, -0.2) is 54.5 Å². The van der Waals surface area contributed by atoms with E-state index in [4.69, 9.17) is 9.15 Å². The van der Waals surface area contributed by atoms with Crippen molar-refractivity contribution in [2.24, 2.45) is 0 Å². The zero-order chi connectivity index (χ0) is 22.9. The molecule has 1 aliphatic heterocycles. The number of piperidine rings is 1. The Balaban J connectivity index is 1.48. The standard InChI is InChI=1S/C26H39N3O3/c1-20(2)29(18-22-10-7-11-23(17-22)31-4)19-24-12-13-25(32-24)26(30)27-14-8-16-28-15-6-5-9-21(28)3/h7,10-13,17,20-21H,5-6,8-9,14-16,18-19H2,1-4H3,(H,27,30). The Morgan fingerprint density at radius 2 is 2.09 bits per heavy atom. The lowest BCUT2D eigenvalue weighted by molar-refractivity contribution is 0.0916. The van der Waals surface area contributed by atoms with Crippen molar-refractivity contribution in [3.8, 4) is 5.75 Å². The Kier molecular flexibility index (Phi) is 9.18. The number of carbonyl (C=O) groups is 1. The molecule has 1 N–H and O–H groups in total. The van der Waals surface area contributed by atoms with E-state index >= 15 is 0 Å². The Morgan fingerprint density at radius 1 is 1.25 bits per heavy atom. The summed E-state index contributed by atoms with van der Waals surface area (Å²) in [5.74, 6) is 1.91. The fourth-order valence-electron chi connectivity index (χ4n) is 4.27. The first-order chi connectivity index (χ1) is 15.5. The molecule has 1 atom stereocenters. The molecular formula is C26H39N3O3. The summed E-state index contributed by atoms with van der Waals surface area (Å²) >= 11 is 0. The molecule has 0 bridgehead atoms. The van der Waals surface area contributed by atoms with Crippen LogP contribution in [0.15, 0.2) is 40.8 Å². The van der Waals surface area contributed by atoms with Crippen molar-refractivity contribution in [1.82, 2.24) is 15.1 Å². The fraction of sp³-hybridized carbons (Fsp3) is 0.577. The smallest absolute Gasteiger partial charge is 0.286 e. The van der Waals surface area contributed by atoms with Crippen LogP contribution in [0.2, 0.25) is 0 Å². The summed E-state index contributed by atoms with van der Waals surface area (Å²) in [5, 5.41) is 3.01. The van der Waals surface area contributed by atoms with Crippen molar-refractivity contribution < 1.29 is 13.9 Å². The van der Waals surface area contributed by atoms with Gasteiger partial charge in [0.05, 0.1) is 13.7 Å². The summed E-state index contributed by atoms with van der Waals surface area (Å²) in [4.78, 5) is 17.4. The Hall–Kier alpha value is -2.31. The van der Waals surface area contributed by atoms with Gasteiger partial charge in [0.2, 0.25) is 0 Å². The first-order valence-corrected chi connectivity index (χ1v) is 11.9. The first-order valence-electron chi connectivity index (χ1n) is 11.9. The van der Waals surface area contributed by atoms with Crippen molar-refractivity contribution in [3.05, 3.63) is 53.5 Å². The molecule has 6 heteroatoms. The summed E-state index contributed by atoms with van der Waals surface area (Å²) in [7, 11) is 1.68. The molecule has 1 aromatic heterocycles. The lowest BCUT2D eigenvalue weighted by Crippen LogP contribution is -2.39. The second-order valence-electron chi connectivity index (χ2n) is 9.11. The van der Waals surface area contributed by atoms with E-state index in [0.717, 1.165) is 31.0 Å². The SMILES string of the molecule is COc1cccc(CN(Cc2ccc(C(=O)NCCCN3CCCCC3C)o2)C(C)C)c1. The van der Waals surface area contributed by atoms with Crippen LogP contribution in [-0.2, 0) is 13.1 Å². The number of benzene rings is 1. The zero-order valence-corrected chi connectivity index (χ0v) is 20.1. The van der Waals surface area contributed by atoms with Gasteiger partial charge in [-0.2, -0.15) is 0 Å². The first kappa shape index (κ1) is 24.3. The molecule has 1 fully saturated rings. The van der Waals surface area contributed by atoms with Gasteiger partial charge in [-0.25, -0.2) is 0 Å². The molecule has 0 saturated carbocycles. The molecule has 1 unspecified atom stereocenters. The van der Waals surface area contributed by atoms with E-state index in [-0.39, 0.29) is 5.91 Å². The molecule has 32 heavy (non-hydrogen) atoms. The van der Waals surface area contributed by atoms with Gasteiger partial charge in [0.25, 0.3) is 5.91 Å². The van der Waals surface area contributed by atoms with Gasteiger partial charge in [0, 0.05) is 31.7 Å². The van der Waals surface area contributed by atoms with Crippen LogP contribution >= 0.6 is 0 Å². The Bertz CT molecular complexity index is 848. The summed E-state index contributed by atoms with van der Waals surface area (Å²) in [6, 6.07) is 12.8. The van der Waals surface area contributed by atoms with Gasteiger partial charge in [-0.15, -0.1) is 0 Å². The molecule has 1 aromatic carbocycles. The number of rotatable bonds is 11. The summed E-state index contributed by atoms with van der Waals surface area (Å²) in [6.07, 6.45) is 4.87. The predicted octanol–water partition coefficient (Wildman–Crippen LogP) is 4.69. The largest absolute Gasteiger partial charge is 0.497 e. The number of amides is 1. The topological polar surface area (TPSA) is 58.0 Å². The lowest BCUT2D eigenvalue weighted by Gasteiger charge is -2.33. The third-order valence-electron chi connectivity index (χ3n) is 6.34. The zero-order valence-electron chi connectivity index (χ0n) is 20.1. The highest BCUT2D eigenvalue weighted by atomic mass is 16.5. The van der Waals surface area contributed by atoms with E-state index in [2.05, 4.69) is 48.0 Å². The number of nitrogens with one attached hydrogen (secondary N) is 1. The molecule has 2 aromatic rings. The molecule has 176 valence electrons. The second kappa shape index (κ2) is 12.1. The van der Waals surface area contributed by atoms with Crippen molar-refractivity contribution >= 4 is 5.91 Å². The molecular weight excluding hydrogens is 402 g/mol. The van der Waals surface area contributed by atoms with Crippen molar-refractivity contribution in [1.29, 1.82) is 0 Å². The van der Waals surface area contributed by atoms with Crippen LogP contribution in [0, 0.1) is 0 Å². The minimum Gasteiger partial charge on any atom is -0.497 e. The third-order valence-corrected chi connectivity index (χ3v) is 6.34. The van der Waals surface area contributed by atoms with E-state index in [1.54, 1.807) is 13.2 Å². The summed E-state index contributed by atoms with van der Waals surface area (Å²) in [6.45, 7) is 11.0. The fourth-order valence-corrected chi connectivity index (χ4v) is 4.27. The van der Waals surface area contributed by atoms with Gasteiger partial charge in [0.1, 0.15) is 11.5 Å². The highest BCUT2D eigenvalue weighted by Crippen LogP contribution is 2.19. The molecule has 0 radical (unpaired) electrons. The quantitative estimate of drug-likeness (QED) is 0.513. The molecule has 1 saturated heterocycles. The molecule has 0 aliphatic carbocycles. The molecule has 3 rings (SSSR count). The molecule has 2 heterocycles. The summed E-state index contributed by atoms with van der Waals surface area (Å²) < 4.78 is 11.2. The van der Waals surface area contributed by atoms with Gasteiger partial charge in [-0.1, -0.05) is 18.6 Å². The van der Waals surface area contributed by atoms with E-state index < -0.39 is 0 Å². The number of ether oxygens (including phenoxy) is 1. The number of carbonyl (C=O) groups excluding carboxylic acids is 1. The van der Waals surface area contributed by atoms with Crippen LogP contribution in [0.4, 0.5) is 0 Å². The normalized spacial score (nSPS) is 17.1. The van der Waals surface area contributed by atoms with E-state index in [0.29, 0.717) is 30.9 Å². The number of nitrogens with zero attached hydrogens (tertiary/aromatic N) is 2. The van der Waals surface area contributed by atoms with Gasteiger partial charge in [-0.3, -0.25) is 9.69 Å². The lowest BCUT2D eigenvalue weighted by atomic mass is 10.0. The molecule has 0 spiro atoms. The highest BCUT2D eigenvalue weighted by molar-refractivity contribution is 5.91. The van der Waals surface area contributed by atoms with Crippen molar-refractivity contribution in [2.75, 3.05) is 26.7 Å². The minimum absolute atomic E-state index is 0.133. The van der Waals surface area contributed by atoms with E-state index in [1.165, 1.54) is 31.4 Å². The van der Waals surface area contributed by atoms with Crippen molar-refractivity contribution in [2.45, 2.75) is 71.6 Å². The number of hydrogen-bond acceptors (Lipinski definition) is 5. The minimum atomic E-state index is -0.133. The molecule has 6 nitrogen and oxygen atoms in total. The number of methoxy groups -OCH3 is 1. The number of hydrogen-bond donors (Lipinski definition) is 1. The van der Waals surface area contributed by atoms with Gasteiger partial charge < -0.3 is 19.4 Å². The van der Waals surface area contributed by atoms with Gasteiger partial charge in [-0.05, 0) is 76.4 Å². The Labute approximate surface area is 192 Å². The van der Waals surface area contributed by atoms with Crippen LogP contribution in [0.25, 0.3) is 0 Å². The summed E-state index contributed by atoms with van der Waals surface area (Å²) in [5.41, 5.74) is 1.19. The maximum Gasteiger partial charge on any atom is 0.286 e.